The van der Waals surface area contributed by atoms with Gasteiger partial charge in [-0.2, -0.15) is 8.78 Å². The predicted octanol–water partition coefficient (Wildman–Crippen LogP) is 2.81. The van der Waals surface area contributed by atoms with E-state index in [9.17, 15) is 13.6 Å². The number of carbonyl (C=O) groups excluding carboxylic acids is 1. The van der Waals surface area contributed by atoms with Crippen LogP contribution in [-0.2, 0) is 6.54 Å². The summed E-state index contributed by atoms with van der Waals surface area (Å²) in [4.78, 5) is 20.8. The third-order valence-corrected chi connectivity index (χ3v) is 4.82. The summed E-state index contributed by atoms with van der Waals surface area (Å²) in [5.74, 6) is 1.28. The molecule has 0 saturated carbocycles. The lowest BCUT2D eigenvalue weighted by molar-refractivity contribution is -0.0505. The molecule has 1 aliphatic rings. The van der Waals surface area contributed by atoms with Gasteiger partial charge in [0, 0.05) is 44.4 Å². The molecule has 1 aromatic carbocycles. The fourth-order valence-electron chi connectivity index (χ4n) is 3.26. The Labute approximate surface area is 179 Å². The number of carbonyl (C=O) groups is 1. The average Bonchev–Trinajstić information content (AvgIpc) is 3.31. The summed E-state index contributed by atoms with van der Waals surface area (Å²) in [6, 6.07) is 8.08. The quantitative estimate of drug-likeness (QED) is 0.531. The summed E-state index contributed by atoms with van der Waals surface area (Å²) < 4.78 is 40.5. The van der Waals surface area contributed by atoms with Gasteiger partial charge in [0.05, 0.1) is 19.9 Å². The smallest absolute Gasteiger partial charge is 0.387 e. The van der Waals surface area contributed by atoms with Crippen molar-refractivity contribution < 1.29 is 27.5 Å². The summed E-state index contributed by atoms with van der Waals surface area (Å²) in [5, 5.41) is 3.22. The van der Waals surface area contributed by atoms with Gasteiger partial charge in [0.25, 0.3) is 5.91 Å². The van der Waals surface area contributed by atoms with Gasteiger partial charge in [-0.05, 0) is 31.2 Å². The van der Waals surface area contributed by atoms with Crippen molar-refractivity contribution >= 4 is 11.9 Å². The van der Waals surface area contributed by atoms with Gasteiger partial charge in [0.1, 0.15) is 11.5 Å². The van der Waals surface area contributed by atoms with Crippen LogP contribution in [0, 0.1) is 0 Å². The summed E-state index contributed by atoms with van der Waals surface area (Å²) in [6.07, 6.45) is 1.48. The molecule has 2 heterocycles. The fraction of sp³-hybridized carbons (Fsp3) is 0.429. The van der Waals surface area contributed by atoms with E-state index >= 15 is 0 Å². The number of halogens is 2. The van der Waals surface area contributed by atoms with Crippen LogP contribution in [0.15, 0.2) is 46.0 Å². The Morgan fingerprint density at radius 3 is 2.58 bits per heavy atom. The van der Waals surface area contributed by atoms with Gasteiger partial charge in [-0.25, -0.2) is 4.99 Å². The highest BCUT2D eigenvalue weighted by atomic mass is 19.3. The molecule has 0 aliphatic carbocycles. The molecule has 1 aromatic heterocycles. The van der Waals surface area contributed by atoms with E-state index in [1.54, 1.807) is 29.2 Å². The summed E-state index contributed by atoms with van der Waals surface area (Å²) in [5.41, 5.74) is 0.517. The Bertz CT molecular complexity index is 882. The monoisotopic (exact) mass is 436 g/mol. The van der Waals surface area contributed by atoms with E-state index in [1.165, 1.54) is 19.4 Å². The van der Waals surface area contributed by atoms with Crippen molar-refractivity contribution in [2.24, 2.45) is 4.99 Å². The number of guanidine groups is 1. The zero-order valence-corrected chi connectivity index (χ0v) is 17.5. The Hall–Kier alpha value is -3.30. The lowest BCUT2D eigenvalue weighted by Crippen LogP contribution is -2.53. The molecule has 10 heteroatoms. The number of hydrogen-bond donors (Lipinski definition) is 1. The van der Waals surface area contributed by atoms with Gasteiger partial charge >= 0.3 is 6.61 Å². The maximum atomic E-state index is 12.8. The van der Waals surface area contributed by atoms with Crippen molar-refractivity contribution in [3.8, 4) is 11.5 Å². The topological polar surface area (TPSA) is 79.5 Å². The van der Waals surface area contributed by atoms with Crippen LogP contribution in [-0.4, -0.2) is 68.1 Å². The van der Waals surface area contributed by atoms with Gasteiger partial charge in [0.2, 0.25) is 0 Å². The van der Waals surface area contributed by atoms with Crippen LogP contribution in [0.25, 0.3) is 0 Å². The molecule has 1 saturated heterocycles. The second kappa shape index (κ2) is 10.6. The minimum Gasteiger partial charge on any atom is -0.497 e. The van der Waals surface area contributed by atoms with E-state index in [1.807, 2.05) is 11.8 Å². The minimum absolute atomic E-state index is 0.0304. The number of amides is 1. The van der Waals surface area contributed by atoms with Crippen molar-refractivity contribution in [1.29, 1.82) is 0 Å². The number of benzene rings is 1. The van der Waals surface area contributed by atoms with Gasteiger partial charge in [0.15, 0.2) is 11.7 Å². The molecule has 1 fully saturated rings. The molecule has 3 rings (SSSR count). The Morgan fingerprint density at radius 2 is 1.97 bits per heavy atom. The SMILES string of the molecule is CCNC(=NCc1ccc(OC)cc1OC(F)F)N1CCN(C(=O)c2ccco2)CC1. The summed E-state index contributed by atoms with van der Waals surface area (Å²) in [7, 11) is 1.46. The van der Waals surface area contributed by atoms with Crippen LogP contribution >= 0.6 is 0 Å². The predicted molar refractivity (Wildman–Crippen MR) is 111 cm³/mol. The Balaban J connectivity index is 1.68. The first kappa shape index (κ1) is 22.4. The standard InChI is InChI=1S/C21H26F2N4O4/c1-3-24-21(25-14-15-6-7-16(29-2)13-18(15)31-20(22)23)27-10-8-26(9-11-27)19(28)17-5-4-12-30-17/h4-7,12-13,20H,3,8-11,14H2,1-2H3,(H,24,25). The highest BCUT2D eigenvalue weighted by molar-refractivity contribution is 5.91. The molecule has 0 radical (unpaired) electrons. The zero-order valence-electron chi connectivity index (χ0n) is 17.5. The van der Waals surface area contributed by atoms with E-state index in [-0.39, 0.29) is 18.2 Å². The summed E-state index contributed by atoms with van der Waals surface area (Å²) >= 11 is 0. The highest BCUT2D eigenvalue weighted by Gasteiger charge is 2.25. The molecular formula is C21H26F2N4O4. The molecule has 0 atom stereocenters. The highest BCUT2D eigenvalue weighted by Crippen LogP contribution is 2.27. The number of alkyl halides is 2. The van der Waals surface area contributed by atoms with E-state index in [2.05, 4.69) is 15.0 Å². The van der Waals surface area contributed by atoms with Crippen molar-refractivity contribution in [3.63, 3.8) is 0 Å². The number of ether oxygens (including phenoxy) is 2. The van der Waals surface area contributed by atoms with Crippen molar-refractivity contribution in [2.45, 2.75) is 20.1 Å². The average molecular weight is 436 g/mol. The maximum Gasteiger partial charge on any atom is 0.387 e. The first-order valence-electron chi connectivity index (χ1n) is 9.99. The zero-order chi connectivity index (χ0) is 22.2. The van der Waals surface area contributed by atoms with E-state index in [0.29, 0.717) is 55.8 Å². The van der Waals surface area contributed by atoms with Crippen LogP contribution in [0.4, 0.5) is 8.78 Å². The second-order valence-corrected chi connectivity index (χ2v) is 6.78. The van der Waals surface area contributed by atoms with Crippen molar-refractivity contribution in [1.82, 2.24) is 15.1 Å². The molecule has 0 spiro atoms. The molecule has 1 amide bonds. The first-order valence-corrected chi connectivity index (χ1v) is 9.99. The molecule has 1 N–H and O–H groups in total. The second-order valence-electron chi connectivity index (χ2n) is 6.78. The molecular weight excluding hydrogens is 410 g/mol. The normalized spacial score (nSPS) is 14.7. The number of methoxy groups -OCH3 is 1. The number of furan rings is 1. The largest absolute Gasteiger partial charge is 0.497 e. The first-order chi connectivity index (χ1) is 15.0. The number of aliphatic imine (C=N–C) groups is 1. The van der Waals surface area contributed by atoms with Crippen LogP contribution in [0.5, 0.6) is 11.5 Å². The van der Waals surface area contributed by atoms with Crippen LogP contribution in [0.3, 0.4) is 0 Å². The number of hydrogen-bond acceptors (Lipinski definition) is 5. The maximum absolute atomic E-state index is 12.8. The molecule has 2 aromatic rings. The van der Waals surface area contributed by atoms with Crippen molar-refractivity contribution in [2.75, 3.05) is 39.8 Å². The number of nitrogens with zero attached hydrogens (tertiary/aromatic N) is 3. The lowest BCUT2D eigenvalue weighted by Gasteiger charge is -2.36. The third kappa shape index (κ3) is 5.87. The van der Waals surface area contributed by atoms with Gasteiger partial charge < -0.3 is 29.0 Å². The van der Waals surface area contributed by atoms with Gasteiger partial charge in [-0.3, -0.25) is 4.79 Å². The van der Waals surface area contributed by atoms with E-state index < -0.39 is 6.61 Å². The molecule has 168 valence electrons. The van der Waals surface area contributed by atoms with Crippen molar-refractivity contribution in [3.05, 3.63) is 47.9 Å². The van der Waals surface area contributed by atoms with Crippen LogP contribution in [0.2, 0.25) is 0 Å². The van der Waals surface area contributed by atoms with Gasteiger partial charge in [-0.1, -0.05) is 0 Å². The summed E-state index contributed by atoms with van der Waals surface area (Å²) in [6.45, 7) is 2.02. The molecule has 8 nitrogen and oxygen atoms in total. The van der Waals surface area contributed by atoms with Crippen LogP contribution < -0.4 is 14.8 Å². The molecule has 0 bridgehead atoms. The number of rotatable bonds is 7. The lowest BCUT2D eigenvalue weighted by atomic mass is 10.2. The Morgan fingerprint density at radius 1 is 1.23 bits per heavy atom. The molecule has 1 aliphatic heterocycles. The molecule has 0 unspecified atom stereocenters. The number of piperazine rings is 1. The fourth-order valence-corrected chi connectivity index (χ4v) is 3.26. The van der Waals surface area contributed by atoms with E-state index in [0.717, 1.165) is 0 Å². The van der Waals surface area contributed by atoms with Gasteiger partial charge in [-0.15, -0.1) is 0 Å². The molecule has 31 heavy (non-hydrogen) atoms. The minimum atomic E-state index is -2.94. The Kier molecular flexibility index (Phi) is 7.69. The van der Waals surface area contributed by atoms with Crippen LogP contribution in [0.1, 0.15) is 23.0 Å². The number of nitrogens with one attached hydrogen (secondary N) is 1. The third-order valence-electron chi connectivity index (χ3n) is 4.82. The van der Waals surface area contributed by atoms with E-state index in [4.69, 9.17) is 9.15 Å².